The maximum atomic E-state index is 14.0. The van der Waals surface area contributed by atoms with Gasteiger partial charge in [-0.05, 0) is 54.7 Å². The molecule has 0 N–H and O–H groups in total. The zero-order chi connectivity index (χ0) is 34.7. The van der Waals surface area contributed by atoms with Gasteiger partial charge >= 0.3 is 24.5 Å². The van der Waals surface area contributed by atoms with Gasteiger partial charge in [0.1, 0.15) is 13.2 Å². The van der Waals surface area contributed by atoms with E-state index in [9.17, 15) is 41.2 Å². The van der Waals surface area contributed by atoms with Gasteiger partial charge in [-0.2, -0.15) is 31.6 Å². The standard InChI is InChI=1S/C34H31F6N3O5/c1-23(25-16-27(33(35,36)37)18-28(17-25)34(38,39)40)48-22-32(26-10-6-3-7-11-26)13-12-31(20-41,42-14-15-46-29(42)44)21-43(32)30(45)47-19-24-8-4-2-5-9-24/h2-11,16-18,23H,12-15,19,21-22H2,1H3/t23-,31-,32-/m1/s1. The fourth-order valence-electron chi connectivity index (χ4n) is 6.09. The first-order valence-corrected chi connectivity index (χ1v) is 15.0. The molecule has 0 aromatic heterocycles. The van der Waals surface area contributed by atoms with E-state index in [1.807, 2.05) is 0 Å². The third kappa shape index (κ3) is 7.06. The van der Waals surface area contributed by atoms with Gasteiger partial charge in [-0.15, -0.1) is 0 Å². The molecule has 0 radical (unpaired) electrons. The van der Waals surface area contributed by atoms with Crippen molar-refractivity contribution in [3.05, 3.63) is 107 Å². The molecule has 0 saturated carbocycles. The first kappa shape index (κ1) is 34.6. The number of nitrogens with zero attached hydrogens (tertiary/aromatic N) is 3. The molecule has 14 heteroatoms. The van der Waals surface area contributed by atoms with Gasteiger partial charge in [-0.1, -0.05) is 60.7 Å². The van der Waals surface area contributed by atoms with E-state index in [1.165, 1.54) is 16.7 Å². The largest absolute Gasteiger partial charge is 0.447 e. The number of carbonyl (C=O) groups is 2. The SMILES string of the molecule is C[C@@H](OC[C@@]1(c2ccccc2)CC[C@](C#N)(N2CCOC2=O)CN1C(=O)OCc1ccccc1)c1cc(C(F)(F)F)cc(C(F)(F)F)c1. The maximum absolute atomic E-state index is 14.0. The van der Waals surface area contributed by atoms with Gasteiger partial charge in [0, 0.05) is 0 Å². The van der Waals surface area contributed by atoms with Gasteiger partial charge in [0.25, 0.3) is 0 Å². The number of piperidine rings is 1. The third-order valence-corrected chi connectivity index (χ3v) is 8.76. The Hall–Kier alpha value is -4.77. The second kappa shape index (κ2) is 13.4. The molecule has 0 bridgehead atoms. The molecule has 254 valence electrons. The van der Waals surface area contributed by atoms with E-state index in [4.69, 9.17) is 14.2 Å². The zero-order valence-electron chi connectivity index (χ0n) is 25.7. The molecular weight excluding hydrogens is 644 g/mol. The molecule has 3 aromatic rings. The number of nitriles is 1. The van der Waals surface area contributed by atoms with Crippen LogP contribution in [0.4, 0.5) is 35.9 Å². The average molecular weight is 676 g/mol. The van der Waals surface area contributed by atoms with Crippen molar-refractivity contribution in [2.45, 2.75) is 55.9 Å². The van der Waals surface area contributed by atoms with Crippen molar-refractivity contribution in [2.75, 3.05) is 26.3 Å². The quantitative estimate of drug-likeness (QED) is 0.226. The van der Waals surface area contributed by atoms with E-state index in [-0.39, 0.29) is 50.8 Å². The molecule has 2 saturated heterocycles. The summed E-state index contributed by atoms with van der Waals surface area (Å²) < 4.78 is 98.6. The molecule has 2 aliphatic heterocycles. The van der Waals surface area contributed by atoms with Crippen LogP contribution in [0.25, 0.3) is 0 Å². The smallest absolute Gasteiger partial charge is 0.416 e. The number of amides is 2. The summed E-state index contributed by atoms with van der Waals surface area (Å²) in [5.74, 6) is 0. The average Bonchev–Trinajstić information content (AvgIpc) is 3.52. The number of cyclic esters (lactones) is 1. The van der Waals surface area contributed by atoms with Crippen LogP contribution in [0.1, 0.15) is 53.7 Å². The van der Waals surface area contributed by atoms with Crippen LogP contribution in [-0.4, -0.2) is 53.8 Å². The molecule has 3 atom stereocenters. The molecule has 8 nitrogen and oxygen atoms in total. The zero-order valence-corrected chi connectivity index (χ0v) is 25.7. The van der Waals surface area contributed by atoms with Gasteiger partial charge < -0.3 is 14.2 Å². The van der Waals surface area contributed by atoms with Gasteiger partial charge in [-0.3, -0.25) is 9.80 Å². The number of alkyl halides is 6. The van der Waals surface area contributed by atoms with Gasteiger partial charge in [0.15, 0.2) is 5.54 Å². The highest BCUT2D eigenvalue weighted by Gasteiger charge is 2.56. The van der Waals surface area contributed by atoms with Crippen molar-refractivity contribution in [3.63, 3.8) is 0 Å². The van der Waals surface area contributed by atoms with E-state index < -0.39 is 59.5 Å². The highest BCUT2D eigenvalue weighted by atomic mass is 19.4. The van der Waals surface area contributed by atoms with Crippen molar-refractivity contribution < 1.29 is 50.1 Å². The Morgan fingerprint density at radius 2 is 1.56 bits per heavy atom. The van der Waals surface area contributed by atoms with Crippen LogP contribution in [-0.2, 0) is 38.7 Å². The Morgan fingerprint density at radius 3 is 2.10 bits per heavy atom. The molecular formula is C34H31F6N3O5. The predicted octanol–water partition coefficient (Wildman–Crippen LogP) is 7.84. The summed E-state index contributed by atoms with van der Waals surface area (Å²) in [6.45, 7) is 0.566. The normalized spacial score (nSPS) is 22.2. The lowest BCUT2D eigenvalue weighted by atomic mass is 9.74. The molecule has 0 spiro atoms. The van der Waals surface area contributed by atoms with E-state index in [0.29, 0.717) is 23.3 Å². The molecule has 2 amide bonds. The lowest BCUT2D eigenvalue weighted by Crippen LogP contribution is -2.66. The van der Waals surface area contributed by atoms with Crippen LogP contribution in [0.15, 0.2) is 78.9 Å². The second-order valence-corrected chi connectivity index (χ2v) is 11.7. The number of carbonyl (C=O) groups excluding carboxylic acids is 2. The van der Waals surface area contributed by atoms with Gasteiger partial charge in [0.2, 0.25) is 0 Å². The number of benzene rings is 3. The number of rotatable bonds is 8. The van der Waals surface area contributed by atoms with Crippen LogP contribution in [0.2, 0.25) is 0 Å². The number of halogens is 6. The molecule has 2 fully saturated rings. The Labute approximate surface area is 272 Å². The van der Waals surface area contributed by atoms with Crippen molar-refractivity contribution in [1.82, 2.24) is 9.80 Å². The Kier molecular flexibility index (Phi) is 9.64. The summed E-state index contributed by atoms with van der Waals surface area (Å²) >= 11 is 0. The first-order chi connectivity index (χ1) is 22.7. The van der Waals surface area contributed by atoms with Crippen molar-refractivity contribution in [1.29, 1.82) is 5.26 Å². The molecule has 3 aromatic carbocycles. The number of hydrogen-bond acceptors (Lipinski definition) is 6. The van der Waals surface area contributed by atoms with Crippen molar-refractivity contribution in [3.8, 4) is 6.07 Å². The lowest BCUT2D eigenvalue weighted by Gasteiger charge is -2.53. The fourth-order valence-corrected chi connectivity index (χ4v) is 6.09. The van der Waals surface area contributed by atoms with E-state index in [1.54, 1.807) is 60.7 Å². The fraction of sp³-hybridized carbons (Fsp3) is 0.382. The monoisotopic (exact) mass is 675 g/mol. The van der Waals surface area contributed by atoms with Crippen LogP contribution in [0, 0.1) is 11.3 Å². The van der Waals surface area contributed by atoms with E-state index in [2.05, 4.69) is 6.07 Å². The maximum Gasteiger partial charge on any atom is 0.416 e. The molecule has 48 heavy (non-hydrogen) atoms. The molecule has 0 aliphatic carbocycles. The molecule has 2 heterocycles. The molecule has 5 rings (SSSR count). The van der Waals surface area contributed by atoms with Crippen LogP contribution < -0.4 is 0 Å². The molecule has 2 aliphatic rings. The predicted molar refractivity (Wildman–Crippen MR) is 158 cm³/mol. The van der Waals surface area contributed by atoms with E-state index >= 15 is 0 Å². The highest BCUT2D eigenvalue weighted by Crippen LogP contribution is 2.45. The van der Waals surface area contributed by atoms with Crippen LogP contribution in [0.3, 0.4) is 0 Å². The minimum Gasteiger partial charge on any atom is -0.447 e. The summed E-state index contributed by atoms with van der Waals surface area (Å²) in [5, 5.41) is 10.4. The Balaban J connectivity index is 1.54. The summed E-state index contributed by atoms with van der Waals surface area (Å²) in [5.41, 5.74) is -5.10. The first-order valence-electron chi connectivity index (χ1n) is 15.0. The summed E-state index contributed by atoms with van der Waals surface area (Å²) in [4.78, 5) is 29.2. The lowest BCUT2D eigenvalue weighted by molar-refractivity contribution is -0.143. The highest BCUT2D eigenvalue weighted by molar-refractivity contribution is 5.73. The number of hydrogen-bond donors (Lipinski definition) is 0. The van der Waals surface area contributed by atoms with Gasteiger partial charge in [-0.25, -0.2) is 9.59 Å². The van der Waals surface area contributed by atoms with E-state index in [0.717, 1.165) is 0 Å². The minimum atomic E-state index is -5.05. The number of likely N-dealkylation sites (tertiary alicyclic amines) is 1. The topological polar surface area (TPSA) is 92.1 Å². The minimum absolute atomic E-state index is 0.0118. The number of ether oxygens (including phenoxy) is 3. The van der Waals surface area contributed by atoms with Crippen LogP contribution in [0.5, 0.6) is 0 Å². The Bertz CT molecular complexity index is 1630. The van der Waals surface area contributed by atoms with Crippen molar-refractivity contribution in [2.24, 2.45) is 0 Å². The third-order valence-electron chi connectivity index (χ3n) is 8.76. The Morgan fingerprint density at radius 1 is 0.958 bits per heavy atom. The van der Waals surface area contributed by atoms with Gasteiger partial charge in [0.05, 0.1) is 48.5 Å². The summed E-state index contributed by atoms with van der Waals surface area (Å²) in [6.07, 6.45) is -13.0. The summed E-state index contributed by atoms with van der Waals surface area (Å²) in [7, 11) is 0. The second-order valence-electron chi connectivity index (χ2n) is 11.7. The van der Waals surface area contributed by atoms with Crippen molar-refractivity contribution >= 4 is 12.2 Å². The summed E-state index contributed by atoms with van der Waals surface area (Å²) in [6, 6.07) is 20.7. The van der Waals surface area contributed by atoms with Crippen LogP contribution >= 0.6 is 0 Å². The molecule has 0 unspecified atom stereocenters.